The molecular formula is C16H23N5O3. The first-order chi connectivity index (χ1) is 11.1. The lowest BCUT2D eigenvalue weighted by molar-refractivity contribution is -0.116. The molecule has 0 unspecified atom stereocenters. The highest BCUT2D eigenvalue weighted by Crippen LogP contribution is 2.21. The van der Waals surface area contributed by atoms with E-state index >= 15 is 0 Å². The Balaban J connectivity index is 2.04. The molecule has 2 rings (SSSR count). The van der Waals surface area contributed by atoms with E-state index in [0.29, 0.717) is 17.3 Å². The van der Waals surface area contributed by atoms with E-state index in [-0.39, 0.29) is 23.8 Å². The molecule has 2 heterocycles. The number of nitrogens with zero attached hydrogens (tertiary/aromatic N) is 4. The third-order valence-electron chi connectivity index (χ3n) is 3.49. The van der Waals surface area contributed by atoms with Crippen LogP contribution in [0.5, 0.6) is 0 Å². The maximum Gasteiger partial charge on any atom is 0.272 e. The van der Waals surface area contributed by atoms with Crippen molar-refractivity contribution in [2.24, 2.45) is 7.05 Å². The molecule has 0 bridgehead atoms. The number of nitrogens with one attached hydrogen (secondary N) is 1. The van der Waals surface area contributed by atoms with E-state index < -0.39 is 0 Å². The van der Waals surface area contributed by atoms with Crippen molar-refractivity contribution in [3.8, 4) is 0 Å². The molecule has 0 aliphatic rings. The molecular weight excluding hydrogens is 310 g/mol. The van der Waals surface area contributed by atoms with Gasteiger partial charge in [0.1, 0.15) is 11.5 Å². The Bertz CT molecular complexity index is 754. The quantitative estimate of drug-likeness (QED) is 0.919. The molecule has 0 aliphatic carbocycles. The van der Waals surface area contributed by atoms with E-state index in [0.717, 1.165) is 5.69 Å². The van der Waals surface area contributed by atoms with Gasteiger partial charge >= 0.3 is 0 Å². The number of hydrogen-bond donors (Lipinski definition) is 1. The summed E-state index contributed by atoms with van der Waals surface area (Å²) in [5.41, 5.74) is 1.11. The van der Waals surface area contributed by atoms with Gasteiger partial charge in [-0.15, -0.1) is 0 Å². The van der Waals surface area contributed by atoms with Crippen molar-refractivity contribution in [2.75, 3.05) is 18.9 Å². The maximum absolute atomic E-state index is 12.5. The molecule has 0 fully saturated rings. The van der Waals surface area contributed by atoms with Crippen molar-refractivity contribution in [1.29, 1.82) is 0 Å². The van der Waals surface area contributed by atoms with E-state index in [1.807, 2.05) is 20.8 Å². The average molecular weight is 333 g/mol. The minimum absolute atomic E-state index is 0.0965. The highest BCUT2D eigenvalue weighted by Gasteiger charge is 2.24. The highest BCUT2D eigenvalue weighted by molar-refractivity contribution is 5.98. The first kappa shape index (κ1) is 17.7. The number of hydrogen-bond acceptors (Lipinski definition) is 5. The van der Waals surface area contributed by atoms with Crippen molar-refractivity contribution >= 4 is 17.6 Å². The van der Waals surface area contributed by atoms with Crippen LogP contribution in [0.3, 0.4) is 0 Å². The Morgan fingerprint density at radius 2 is 2.00 bits per heavy atom. The predicted molar refractivity (Wildman–Crippen MR) is 88.7 cm³/mol. The molecule has 8 nitrogen and oxygen atoms in total. The van der Waals surface area contributed by atoms with Gasteiger partial charge in [-0.05, 0) is 13.0 Å². The van der Waals surface area contributed by atoms with E-state index in [2.05, 4.69) is 15.6 Å². The van der Waals surface area contributed by atoms with E-state index in [4.69, 9.17) is 4.52 Å². The number of rotatable bonds is 4. The second kappa shape index (κ2) is 6.46. The van der Waals surface area contributed by atoms with Gasteiger partial charge in [-0.3, -0.25) is 14.3 Å². The molecule has 24 heavy (non-hydrogen) atoms. The van der Waals surface area contributed by atoms with Gasteiger partial charge in [0.25, 0.3) is 5.91 Å². The Morgan fingerprint density at radius 3 is 2.50 bits per heavy atom. The first-order valence-corrected chi connectivity index (χ1v) is 7.61. The number of aromatic nitrogens is 3. The maximum atomic E-state index is 12.5. The van der Waals surface area contributed by atoms with Crippen LogP contribution in [0, 0.1) is 6.92 Å². The molecule has 0 spiro atoms. The number of likely N-dealkylation sites (N-methyl/N-ethyl adjacent to an activating group) is 1. The Kier molecular flexibility index (Phi) is 4.77. The van der Waals surface area contributed by atoms with Gasteiger partial charge in [0, 0.05) is 25.6 Å². The predicted octanol–water partition coefficient (Wildman–Crippen LogP) is 1.72. The molecule has 0 radical (unpaired) electrons. The zero-order valence-electron chi connectivity index (χ0n) is 14.9. The fraction of sp³-hybridized carbons (Fsp3) is 0.500. The third-order valence-corrected chi connectivity index (χ3v) is 3.49. The van der Waals surface area contributed by atoms with Gasteiger partial charge in [0.2, 0.25) is 5.91 Å². The van der Waals surface area contributed by atoms with Crippen LogP contribution >= 0.6 is 0 Å². The Morgan fingerprint density at radius 1 is 1.33 bits per heavy atom. The molecule has 0 atom stereocenters. The second-order valence-corrected chi connectivity index (χ2v) is 6.82. The van der Waals surface area contributed by atoms with Crippen LogP contribution in [0.4, 0.5) is 5.82 Å². The summed E-state index contributed by atoms with van der Waals surface area (Å²) in [5.74, 6) is 0.303. The number of amides is 2. The van der Waals surface area contributed by atoms with Crippen LogP contribution < -0.4 is 5.32 Å². The van der Waals surface area contributed by atoms with Crippen molar-refractivity contribution < 1.29 is 14.1 Å². The summed E-state index contributed by atoms with van der Waals surface area (Å²) in [7, 11) is 3.29. The molecule has 2 aromatic heterocycles. The largest absolute Gasteiger partial charge is 0.360 e. The van der Waals surface area contributed by atoms with Crippen LogP contribution in [0.1, 0.15) is 42.7 Å². The van der Waals surface area contributed by atoms with Crippen molar-refractivity contribution in [3.05, 3.63) is 29.3 Å². The minimum Gasteiger partial charge on any atom is -0.360 e. The molecule has 2 aromatic rings. The highest BCUT2D eigenvalue weighted by atomic mass is 16.5. The molecule has 0 saturated heterocycles. The van der Waals surface area contributed by atoms with Gasteiger partial charge in [0.15, 0.2) is 5.82 Å². The number of carbonyl (C=O) groups is 2. The molecule has 130 valence electrons. The second-order valence-electron chi connectivity index (χ2n) is 6.82. The van der Waals surface area contributed by atoms with Crippen molar-refractivity contribution in [3.63, 3.8) is 0 Å². The fourth-order valence-electron chi connectivity index (χ4n) is 2.12. The van der Waals surface area contributed by atoms with Crippen LogP contribution in [-0.4, -0.2) is 45.2 Å². The molecule has 2 amide bonds. The Hall–Kier alpha value is -2.64. The molecule has 0 saturated carbocycles. The summed E-state index contributed by atoms with van der Waals surface area (Å²) < 4.78 is 6.42. The van der Waals surface area contributed by atoms with Gasteiger partial charge < -0.3 is 14.7 Å². The standard InChI is InChI=1S/C16H23N5O3/c1-10-7-13(19-24-10)17-14(22)9-20(5)15(23)11-8-12(16(2,3)4)18-21(11)6/h7-8H,9H2,1-6H3,(H,17,19,22). The van der Waals surface area contributed by atoms with Crippen LogP contribution in [0.2, 0.25) is 0 Å². The van der Waals surface area contributed by atoms with Gasteiger partial charge in [0.05, 0.1) is 12.2 Å². The van der Waals surface area contributed by atoms with Gasteiger partial charge in [-0.2, -0.15) is 5.10 Å². The third kappa shape index (κ3) is 4.01. The topological polar surface area (TPSA) is 93.3 Å². The van der Waals surface area contributed by atoms with Crippen molar-refractivity contribution in [2.45, 2.75) is 33.1 Å². The summed E-state index contributed by atoms with van der Waals surface area (Å²) in [6.07, 6.45) is 0. The molecule has 0 aliphatic heterocycles. The summed E-state index contributed by atoms with van der Waals surface area (Å²) >= 11 is 0. The first-order valence-electron chi connectivity index (χ1n) is 7.61. The van der Waals surface area contributed by atoms with Crippen LogP contribution in [0.25, 0.3) is 0 Å². The summed E-state index contributed by atoms with van der Waals surface area (Å²) in [5, 5.41) is 10.7. The SMILES string of the molecule is Cc1cc(NC(=O)CN(C)C(=O)c2cc(C(C)(C)C)nn2C)no1. The monoisotopic (exact) mass is 333 g/mol. The summed E-state index contributed by atoms with van der Waals surface area (Å²) in [4.78, 5) is 25.9. The fourth-order valence-corrected chi connectivity index (χ4v) is 2.12. The smallest absolute Gasteiger partial charge is 0.272 e. The van der Waals surface area contributed by atoms with Gasteiger partial charge in [-0.1, -0.05) is 25.9 Å². The van der Waals surface area contributed by atoms with Crippen LogP contribution in [-0.2, 0) is 17.3 Å². The Labute approximate surface area is 140 Å². The zero-order chi connectivity index (χ0) is 18.1. The molecule has 0 aromatic carbocycles. The number of anilines is 1. The summed E-state index contributed by atoms with van der Waals surface area (Å²) in [6.45, 7) is 7.72. The number of aryl methyl sites for hydroxylation is 2. The zero-order valence-corrected chi connectivity index (χ0v) is 14.9. The van der Waals surface area contributed by atoms with Gasteiger partial charge in [-0.25, -0.2) is 0 Å². The summed E-state index contributed by atoms with van der Waals surface area (Å²) in [6, 6.07) is 3.37. The lowest BCUT2D eigenvalue weighted by atomic mass is 9.92. The lowest BCUT2D eigenvalue weighted by Crippen LogP contribution is -2.35. The van der Waals surface area contributed by atoms with E-state index in [1.165, 1.54) is 9.58 Å². The minimum atomic E-state index is -0.350. The van der Waals surface area contributed by atoms with Crippen LogP contribution in [0.15, 0.2) is 16.7 Å². The lowest BCUT2D eigenvalue weighted by Gasteiger charge is -2.16. The number of carbonyl (C=O) groups excluding carboxylic acids is 2. The normalized spacial score (nSPS) is 11.4. The van der Waals surface area contributed by atoms with E-state index in [1.54, 1.807) is 33.2 Å². The van der Waals surface area contributed by atoms with Crippen molar-refractivity contribution in [1.82, 2.24) is 19.8 Å². The molecule has 8 heteroatoms. The average Bonchev–Trinajstić information content (AvgIpc) is 3.03. The van der Waals surface area contributed by atoms with E-state index in [9.17, 15) is 9.59 Å². The molecule has 1 N–H and O–H groups in total.